The highest BCUT2D eigenvalue weighted by Gasteiger charge is 2.24. The lowest BCUT2D eigenvalue weighted by Gasteiger charge is -2.18. The largest absolute Gasteiger partial charge is 0.0652 e. The van der Waals surface area contributed by atoms with Crippen LogP contribution in [0, 0.1) is 0 Å². The highest BCUT2D eigenvalue weighted by Crippen LogP contribution is 2.44. The van der Waals surface area contributed by atoms with Crippen LogP contribution in [0.3, 0.4) is 0 Å². The number of benzene rings is 3. The smallest absolute Gasteiger partial charge is 0.00582 e. The van der Waals surface area contributed by atoms with Gasteiger partial charge >= 0.3 is 0 Å². The average Bonchev–Trinajstić information content (AvgIpc) is 2.89. The summed E-state index contributed by atoms with van der Waals surface area (Å²) in [5.41, 5.74) is 7.16. The van der Waals surface area contributed by atoms with E-state index in [-0.39, 0.29) is 0 Å². The molecule has 0 saturated heterocycles. The molecule has 0 aromatic heterocycles. The van der Waals surface area contributed by atoms with Crippen LogP contribution in [0.1, 0.15) is 37.3 Å². The summed E-state index contributed by atoms with van der Waals surface area (Å²) in [5.74, 6) is 0.560. The van der Waals surface area contributed by atoms with Gasteiger partial charge in [0.1, 0.15) is 0 Å². The molecule has 0 bridgehead atoms. The molecule has 0 saturated carbocycles. The first-order valence-electron chi connectivity index (χ1n) is 8.09. The van der Waals surface area contributed by atoms with Crippen molar-refractivity contribution in [3.63, 3.8) is 0 Å². The molecular formula is C22H20. The first-order valence-corrected chi connectivity index (χ1v) is 8.09. The van der Waals surface area contributed by atoms with Crippen molar-refractivity contribution in [2.24, 2.45) is 0 Å². The van der Waals surface area contributed by atoms with Gasteiger partial charge in [-0.25, -0.2) is 0 Å². The van der Waals surface area contributed by atoms with Gasteiger partial charge in [0.15, 0.2) is 0 Å². The topological polar surface area (TPSA) is 0 Å². The Labute approximate surface area is 132 Å². The van der Waals surface area contributed by atoms with Gasteiger partial charge in [0.2, 0.25) is 0 Å². The fourth-order valence-electron chi connectivity index (χ4n) is 3.89. The summed E-state index contributed by atoms with van der Waals surface area (Å²) in [4.78, 5) is 0. The molecule has 0 nitrogen and oxygen atoms in total. The number of fused-ring (bicyclic) bond motifs is 2. The summed E-state index contributed by atoms with van der Waals surface area (Å²) in [6.45, 7) is 4.55. The Balaban J connectivity index is 2.01. The third-order valence-corrected chi connectivity index (χ3v) is 4.91. The van der Waals surface area contributed by atoms with Gasteiger partial charge in [-0.1, -0.05) is 79.2 Å². The van der Waals surface area contributed by atoms with Gasteiger partial charge in [-0.3, -0.25) is 0 Å². The summed E-state index contributed by atoms with van der Waals surface area (Å²) in [5, 5.41) is 2.66. The lowest BCUT2D eigenvalue weighted by Crippen LogP contribution is -1.98. The SMILES string of the molecule is CCC1C(C)=Cc2cccc(-c3cccc4ccccc34)c21. The van der Waals surface area contributed by atoms with E-state index in [9.17, 15) is 0 Å². The maximum Gasteiger partial charge on any atom is 0.00582 e. The van der Waals surface area contributed by atoms with Crippen LogP contribution in [-0.2, 0) is 0 Å². The summed E-state index contributed by atoms with van der Waals surface area (Å²) in [7, 11) is 0. The molecule has 108 valence electrons. The summed E-state index contributed by atoms with van der Waals surface area (Å²) < 4.78 is 0. The number of rotatable bonds is 2. The molecule has 3 aromatic rings. The van der Waals surface area contributed by atoms with Crippen LogP contribution in [0.25, 0.3) is 28.0 Å². The van der Waals surface area contributed by atoms with Crippen LogP contribution >= 0.6 is 0 Å². The van der Waals surface area contributed by atoms with Crippen LogP contribution in [0.15, 0.2) is 66.2 Å². The van der Waals surface area contributed by atoms with E-state index in [0.717, 1.165) is 6.42 Å². The molecule has 4 rings (SSSR count). The summed E-state index contributed by atoms with van der Waals surface area (Å²) in [6.07, 6.45) is 3.52. The van der Waals surface area contributed by atoms with Crippen LogP contribution in [0.2, 0.25) is 0 Å². The van der Waals surface area contributed by atoms with Crippen molar-refractivity contribution in [3.05, 3.63) is 77.4 Å². The monoisotopic (exact) mass is 284 g/mol. The van der Waals surface area contributed by atoms with Gasteiger partial charge in [0.25, 0.3) is 0 Å². The van der Waals surface area contributed by atoms with E-state index in [1.807, 2.05) is 0 Å². The van der Waals surface area contributed by atoms with Crippen molar-refractivity contribution in [2.45, 2.75) is 26.2 Å². The predicted octanol–water partition coefficient (Wildman–Crippen LogP) is 6.42. The minimum atomic E-state index is 0.560. The second-order valence-corrected chi connectivity index (χ2v) is 6.18. The van der Waals surface area contributed by atoms with E-state index >= 15 is 0 Å². The molecule has 0 spiro atoms. The van der Waals surface area contributed by atoms with Crippen molar-refractivity contribution < 1.29 is 0 Å². The average molecular weight is 284 g/mol. The Kier molecular flexibility index (Phi) is 3.11. The third-order valence-electron chi connectivity index (χ3n) is 4.91. The van der Waals surface area contributed by atoms with E-state index in [1.165, 1.54) is 38.6 Å². The second-order valence-electron chi connectivity index (χ2n) is 6.18. The van der Waals surface area contributed by atoms with Crippen molar-refractivity contribution in [1.82, 2.24) is 0 Å². The lowest BCUT2D eigenvalue weighted by molar-refractivity contribution is 0.778. The fourth-order valence-corrected chi connectivity index (χ4v) is 3.89. The van der Waals surface area contributed by atoms with E-state index in [0.29, 0.717) is 5.92 Å². The molecule has 1 aliphatic rings. The lowest BCUT2D eigenvalue weighted by atomic mass is 9.86. The molecule has 1 unspecified atom stereocenters. The van der Waals surface area contributed by atoms with Crippen LogP contribution in [0.4, 0.5) is 0 Å². The number of allylic oxidation sites excluding steroid dienone is 1. The van der Waals surface area contributed by atoms with Crippen molar-refractivity contribution in [3.8, 4) is 11.1 Å². The Morgan fingerprint density at radius 1 is 0.818 bits per heavy atom. The van der Waals surface area contributed by atoms with Gasteiger partial charge < -0.3 is 0 Å². The Morgan fingerprint density at radius 3 is 2.41 bits per heavy atom. The van der Waals surface area contributed by atoms with E-state index in [4.69, 9.17) is 0 Å². The first kappa shape index (κ1) is 13.3. The maximum absolute atomic E-state index is 2.36. The third kappa shape index (κ3) is 1.91. The molecule has 1 atom stereocenters. The standard InChI is InChI=1S/C22H20/c1-3-18-15(2)14-17-10-7-13-21(22(17)18)20-12-6-9-16-8-4-5-11-19(16)20/h4-14,18H,3H2,1-2H3. The minimum absolute atomic E-state index is 0.560. The zero-order chi connectivity index (χ0) is 15.1. The zero-order valence-corrected chi connectivity index (χ0v) is 13.1. The highest BCUT2D eigenvalue weighted by atomic mass is 14.3. The molecule has 22 heavy (non-hydrogen) atoms. The fraction of sp³-hybridized carbons (Fsp3) is 0.182. The van der Waals surface area contributed by atoms with Crippen LogP contribution in [0.5, 0.6) is 0 Å². The van der Waals surface area contributed by atoms with Gasteiger partial charge in [0, 0.05) is 5.92 Å². The van der Waals surface area contributed by atoms with Crippen LogP contribution in [-0.4, -0.2) is 0 Å². The Bertz CT molecular complexity index is 878. The van der Waals surface area contributed by atoms with Crippen molar-refractivity contribution in [2.75, 3.05) is 0 Å². The van der Waals surface area contributed by atoms with Gasteiger partial charge in [-0.2, -0.15) is 0 Å². The molecule has 0 aliphatic heterocycles. The van der Waals surface area contributed by atoms with Crippen LogP contribution < -0.4 is 0 Å². The molecule has 0 amide bonds. The van der Waals surface area contributed by atoms with Gasteiger partial charge in [0.05, 0.1) is 0 Å². The summed E-state index contributed by atoms with van der Waals surface area (Å²) >= 11 is 0. The normalized spacial score (nSPS) is 16.6. The molecule has 3 aromatic carbocycles. The van der Waals surface area contributed by atoms with Gasteiger partial charge in [-0.05, 0) is 46.4 Å². The molecule has 0 fully saturated rings. The molecule has 0 N–H and O–H groups in total. The highest BCUT2D eigenvalue weighted by molar-refractivity contribution is 5.98. The second kappa shape index (κ2) is 5.14. The van der Waals surface area contributed by atoms with Crippen molar-refractivity contribution in [1.29, 1.82) is 0 Å². The molecule has 1 aliphatic carbocycles. The van der Waals surface area contributed by atoms with E-state index < -0.39 is 0 Å². The molecule has 0 heterocycles. The Morgan fingerprint density at radius 2 is 1.55 bits per heavy atom. The van der Waals surface area contributed by atoms with E-state index in [1.54, 1.807) is 0 Å². The minimum Gasteiger partial charge on any atom is -0.0652 e. The van der Waals surface area contributed by atoms with Gasteiger partial charge in [-0.15, -0.1) is 0 Å². The predicted molar refractivity (Wildman–Crippen MR) is 96.1 cm³/mol. The maximum atomic E-state index is 2.36. The number of hydrogen-bond acceptors (Lipinski definition) is 0. The van der Waals surface area contributed by atoms with Crippen molar-refractivity contribution >= 4 is 16.8 Å². The van der Waals surface area contributed by atoms with E-state index in [2.05, 4.69) is 80.6 Å². The summed E-state index contributed by atoms with van der Waals surface area (Å²) in [6, 6.07) is 22.0. The number of hydrogen-bond donors (Lipinski definition) is 0. The molecule has 0 radical (unpaired) electrons. The quantitative estimate of drug-likeness (QED) is 0.509. The first-order chi connectivity index (χ1) is 10.8. The Hall–Kier alpha value is -2.34. The molecular weight excluding hydrogens is 264 g/mol. The zero-order valence-electron chi connectivity index (χ0n) is 13.1. The molecule has 0 heteroatoms.